The van der Waals surface area contributed by atoms with Crippen molar-refractivity contribution in [3.63, 3.8) is 0 Å². The van der Waals surface area contributed by atoms with Crippen molar-refractivity contribution in [1.82, 2.24) is 4.57 Å². The van der Waals surface area contributed by atoms with E-state index < -0.39 is 16.8 Å². The van der Waals surface area contributed by atoms with E-state index in [2.05, 4.69) is 15.9 Å². The maximum atomic E-state index is 13.1. The van der Waals surface area contributed by atoms with Crippen LogP contribution in [0.3, 0.4) is 0 Å². The fraction of sp³-hybridized carbons (Fsp3) is 0.250. The molecule has 0 bridgehead atoms. The number of fused-ring (bicyclic) bond motifs is 1. The molecule has 5 nitrogen and oxygen atoms in total. The SMILES string of the molecule is CCOC(=O)c1c(CS(=O)Cc2ccc(F)cc2)n(C)c2cc(Br)c(O)cc12. The van der Waals surface area contributed by atoms with Gasteiger partial charge in [-0.15, -0.1) is 0 Å². The zero-order chi connectivity index (χ0) is 20.4. The monoisotopic (exact) mass is 467 g/mol. The van der Waals surface area contributed by atoms with Crippen molar-refractivity contribution in [2.75, 3.05) is 6.61 Å². The molecule has 3 rings (SSSR count). The maximum absolute atomic E-state index is 13.1. The number of aryl methyl sites for hydroxylation is 1. The number of carbonyl (C=O) groups excluding carboxylic acids is 1. The molecule has 2 aromatic carbocycles. The molecule has 0 saturated heterocycles. The molecule has 1 atom stereocenters. The quantitative estimate of drug-likeness (QED) is 0.545. The first-order valence-corrected chi connectivity index (χ1v) is 10.9. The van der Waals surface area contributed by atoms with E-state index in [1.807, 2.05) is 0 Å². The fourth-order valence-electron chi connectivity index (χ4n) is 3.07. The van der Waals surface area contributed by atoms with Crippen LogP contribution < -0.4 is 0 Å². The van der Waals surface area contributed by atoms with Crippen LogP contribution in [-0.4, -0.2) is 26.5 Å². The molecule has 1 N–H and O–H groups in total. The van der Waals surface area contributed by atoms with E-state index in [1.54, 1.807) is 36.7 Å². The average molecular weight is 468 g/mol. The van der Waals surface area contributed by atoms with Gasteiger partial charge in [-0.1, -0.05) is 12.1 Å². The van der Waals surface area contributed by atoms with Gasteiger partial charge in [-0.05, 0) is 52.7 Å². The summed E-state index contributed by atoms with van der Waals surface area (Å²) in [7, 11) is 0.444. The molecular formula is C20H19BrFNO4S. The van der Waals surface area contributed by atoms with Crippen LogP contribution in [-0.2, 0) is 34.1 Å². The fourth-order valence-corrected chi connectivity index (χ4v) is 4.71. The molecule has 0 aliphatic carbocycles. The first-order valence-electron chi connectivity index (χ1n) is 8.58. The molecule has 8 heteroatoms. The van der Waals surface area contributed by atoms with Gasteiger partial charge in [-0.25, -0.2) is 9.18 Å². The number of hydrogen-bond donors (Lipinski definition) is 1. The Hall–Kier alpha value is -2.19. The minimum Gasteiger partial charge on any atom is -0.507 e. The third-order valence-electron chi connectivity index (χ3n) is 4.41. The van der Waals surface area contributed by atoms with Crippen molar-refractivity contribution in [2.24, 2.45) is 7.05 Å². The van der Waals surface area contributed by atoms with Crippen molar-refractivity contribution in [3.8, 4) is 5.75 Å². The summed E-state index contributed by atoms with van der Waals surface area (Å²) < 4.78 is 33.3. The Bertz CT molecular complexity index is 1060. The molecule has 28 heavy (non-hydrogen) atoms. The number of esters is 1. The third-order valence-corrected chi connectivity index (χ3v) is 6.29. The standard InChI is InChI=1S/C20H19BrFNO4S/c1-3-27-20(25)19-14-8-18(24)15(21)9-16(14)23(2)17(19)11-28(26)10-12-4-6-13(22)7-5-12/h4-9,24H,3,10-11H2,1-2H3. The van der Waals surface area contributed by atoms with Crippen LogP contribution in [0.2, 0.25) is 0 Å². The van der Waals surface area contributed by atoms with E-state index >= 15 is 0 Å². The minimum atomic E-state index is -1.33. The number of aromatic nitrogens is 1. The molecule has 1 aromatic heterocycles. The van der Waals surface area contributed by atoms with Crippen LogP contribution in [0.25, 0.3) is 10.9 Å². The van der Waals surface area contributed by atoms with Crippen LogP contribution in [0.4, 0.5) is 4.39 Å². The van der Waals surface area contributed by atoms with Crippen LogP contribution in [0.15, 0.2) is 40.9 Å². The largest absolute Gasteiger partial charge is 0.507 e. The second-order valence-corrected chi connectivity index (χ2v) is 8.59. The Morgan fingerprint density at radius 2 is 1.93 bits per heavy atom. The van der Waals surface area contributed by atoms with Gasteiger partial charge < -0.3 is 14.4 Å². The molecule has 0 aliphatic rings. The first kappa shape index (κ1) is 20.5. The van der Waals surface area contributed by atoms with E-state index in [-0.39, 0.29) is 29.7 Å². The van der Waals surface area contributed by atoms with Crippen molar-refractivity contribution >= 4 is 43.6 Å². The van der Waals surface area contributed by atoms with Crippen LogP contribution in [0.1, 0.15) is 28.5 Å². The first-order chi connectivity index (χ1) is 13.3. The molecule has 1 unspecified atom stereocenters. The number of benzene rings is 2. The number of carbonyl (C=O) groups is 1. The molecule has 1 heterocycles. The van der Waals surface area contributed by atoms with Gasteiger partial charge in [0, 0.05) is 34.7 Å². The highest BCUT2D eigenvalue weighted by atomic mass is 79.9. The molecule has 0 fully saturated rings. The number of ether oxygens (including phenoxy) is 1. The van der Waals surface area contributed by atoms with Gasteiger partial charge in [0.15, 0.2) is 0 Å². The Balaban J connectivity index is 2.02. The zero-order valence-corrected chi connectivity index (χ0v) is 17.8. The highest BCUT2D eigenvalue weighted by molar-refractivity contribution is 9.10. The summed E-state index contributed by atoms with van der Waals surface area (Å²) in [5.74, 6) is -0.516. The normalized spacial score (nSPS) is 12.3. The van der Waals surface area contributed by atoms with E-state index in [4.69, 9.17) is 4.74 Å². The highest BCUT2D eigenvalue weighted by Crippen LogP contribution is 2.35. The van der Waals surface area contributed by atoms with Crippen molar-refractivity contribution in [3.05, 3.63) is 63.5 Å². The van der Waals surface area contributed by atoms with Crippen LogP contribution in [0.5, 0.6) is 5.75 Å². The topological polar surface area (TPSA) is 68.5 Å². The summed E-state index contributed by atoms with van der Waals surface area (Å²) in [6, 6.07) is 9.05. The lowest BCUT2D eigenvalue weighted by molar-refractivity contribution is 0.0527. The van der Waals surface area contributed by atoms with E-state index in [0.29, 0.717) is 26.6 Å². The Kier molecular flexibility index (Phi) is 6.20. The summed E-state index contributed by atoms with van der Waals surface area (Å²) in [5, 5.41) is 10.6. The van der Waals surface area contributed by atoms with E-state index in [9.17, 15) is 18.5 Å². The molecule has 148 valence electrons. The zero-order valence-electron chi connectivity index (χ0n) is 15.4. The minimum absolute atomic E-state index is 0.00244. The Morgan fingerprint density at radius 3 is 2.57 bits per heavy atom. The molecule has 0 aliphatic heterocycles. The highest BCUT2D eigenvalue weighted by Gasteiger charge is 2.24. The lowest BCUT2D eigenvalue weighted by atomic mass is 10.1. The molecule has 0 spiro atoms. The summed E-state index contributed by atoms with van der Waals surface area (Å²) in [4.78, 5) is 12.6. The van der Waals surface area contributed by atoms with Gasteiger partial charge >= 0.3 is 5.97 Å². The second-order valence-electron chi connectivity index (χ2n) is 6.28. The lowest BCUT2D eigenvalue weighted by Gasteiger charge is -2.08. The predicted molar refractivity (Wildman–Crippen MR) is 110 cm³/mol. The molecule has 0 radical (unpaired) electrons. The van der Waals surface area contributed by atoms with Crippen molar-refractivity contribution in [1.29, 1.82) is 0 Å². The summed E-state index contributed by atoms with van der Waals surface area (Å²) in [5.41, 5.74) is 2.32. The van der Waals surface area contributed by atoms with E-state index in [0.717, 1.165) is 5.56 Å². The summed E-state index contributed by atoms with van der Waals surface area (Å²) in [6.45, 7) is 1.92. The molecular weight excluding hydrogens is 449 g/mol. The molecule has 3 aromatic rings. The van der Waals surface area contributed by atoms with Gasteiger partial charge in [0.1, 0.15) is 11.6 Å². The van der Waals surface area contributed by atoms with Gasteiger partial charge in [-0.2, -0.15) is 0 Å². The second kappa shape index (κ2) is 8.45. The predicted octanol–water partition coefficient (Wildman–Crippen LogP) is 4.41. The van der Waals surface area contributed by atoms with Crippen molar-refractivity contribution < 1.29 is 23.2 Å². The van der Waals surface area contributed by atoms with E-state index in [1.165, 1.54) is 18.2 Å². The summed E-state index contributed by atoms with van der Waals surface area (Å²) in [6.07, 6.45) is 0. The Labute approximate surface area is 172 Å². The third kappa shape index (κ3) is 4.12. The number of nitrogens with zero attached hydrogens (tertiary/aromatic N) is 1. The van der Waals surface area contributed by atoms with Gasteiger partial charge in [0.2, 0.25) is 0 Å². The van der Waals surface area contributed by atoms with Gasteiger partial charge in [0.05, 0.1) is 27.9 Å². The van der Waals surface area contributed by atoms with Crippen LogP contribution >= 0.6 is 15.9 Å². The number of hydrogen-bond acceptors (Lipinski definition) is 4. The summed E-state index contributed by atoms with van der Waals surface area (Å²) >= 11 is 3.28. The van der Waals surface area contributed by atoms with Gasteiger partial charge in [0.25, 0.3) is 0 Å². The number of phenols is 1. The molecule has 0 amide bonds. The van der Waals surface area contributed by atoms with Gasteiger partial charge in [-0.3, -0.25) is 4.21 Å². The van der Waals surface area contributed by atoms with Crippen LogP contribution in [0, 0.1) is 5.82 Å². The smallest absolute Gasteiger partial charge is 0.340 e. The number of halogens is 2. The number of aromatic hydroxyl groups is 1. The Morgan fingerprint density at radius 1 is 1.25 bits per heavy atom. The number of rotatable bonds is 6. The van der Waals surface area contributed by atoms with Crippen molar-refractivity contribution in [2.45, 2.75) is 18.4 Å². The number of phenolic OH excluding ortho intramolecular Hbond substituents is 1. The average Bonchev–Trinajstić information content (AvgIpc) is 2.89. The maximum Gasteiger partial charge on any atom is 0.340 e. The lowest BCUT2D eigenvalue weighted by Crippen LogP contribution is -2.11. The molecule has 0 saturated carbocycles.